The first kappa shape index (κ1) is 26.4. The normalized spacial score (nSPS) is 38.4. The Bertz CT molecular complexity index is 432. The molecule has 3 aliphatic heterocycles. The molecule has 2 N–H and O–H groups in total. The summed E-state index contributed by atoms with van der Waals surface area (Å²) in [5.74, 6) is 1.73. The van der Waals surface area contributed by atoms with Crippen molar-refractivity contribution in [3.05, 3.63) is 0 Å². The number of nitrogens with zero attached hydrogens (tertiary/aromatic N) is 2. The molecule has 32 heavy (non-hydrogen) atoms. The van der Waals surface area contributed by atoms with Gasteiger partial charge in [0, 0.05) is 26.2 Å². The van der Waals surface area contributed by atoms with Gasteiger partial charge in [0.15, 0.2) is 0 Å². The second-order valence-corrected chi connectivity index (χ2v) is 11.5. The summed E-state index contributed by atoms with van der Waals surface area (Å²) in [6.45, 7) is 7.16. The van der Waals surface area contributed by atoms with E-state index in [9.17, 15) is 10.2 Å². The van der Waals surface area contributed by atoms with Gasteiger partial charge in [-0.25, -0.2) is 0 Å². The number of aliphatic hydroxyl groups excluding tert-OH is 2. The summed E-state index contributed by atoms with van der Waals surface area (Å²) in [6.07, 6.45) is 22.3. The number of hydrogen-bond acceptors (Lipinski definition) is 4. The molecule has 3 fully saturated rings. The van der Waals surface area contributed by atoms with Crippen molar-refractivity contribution in [1.29, 1.82) is 0 Å². The van der Waals surface area contributed by atoms with Gasteiger partial charge in [-0.05, 0) is 89.1 Å². The average molecular weight is 451 g/mol. The smallest absolute Gasteiger partial charge is 0.0552 e. The molecule has 3 heterocycles. The molecule has 4 bridgehead atoms. The highest BCUT2D eigenvalue weighted by Crippen LogP contribution is 2.25. The molecule has 0 amide bonds. The molecule has 188 valence electrons. The van der Waals surface area contributed by atoms with E-state index in [0.29, 0.717) is 0 Å². The second kappa shape index (κ2) is 15.7. The van der Waals surface area contributed by atoms with Crippen molar-refractivity contribution in [3.63, 3.8) is 0 Å². The zero-order valence-electron chi connectivity index (χ0n) is 21.1. The van der Waals surface area contributed by atoms with Gasteiger partial charge in [0.25, 0.3) is 0 Å². The van der Waals surface area contributed by atoms with Crippen molar-refractivity contribution >= 4 is 0 Å². The molecule has 0 aromatic rings. The van der Waals surface area contributed by atoms with Crippen LogP contribution in [0.15, 0.2) is 0 Å². The summed E-state index contributed by atoms with van der Waals surface area (Å²) < 4.78 is 0. The highest BCUT2D eigenvalue weighted by molar-refractivity contribution is 4.76. The summed E-state index contributed by atoms with van der Waals surface area (Å²) in [6, 6.07) is 0. The average Bonchev–Trinajstić information content (AvgIpc) is 2.81. The Morgan fingerprint density at radius 1 is 0.375 bits per heavy atom. The van der Waals surface area contributed by atoms with Crippen LogP contribution in [0.1, 0.15) is 116 Å². The van der Waals surface area contributed by atoms with Crippen molar-refractivity contribution in [2.24, 2.45) is 11.8 Å². The molecule has 0 saturated carbocycles. The van der Waals surface area contributed by atoms with Crippen LogP contribution < -0.4 is 0 Å². The molecule has 0 aromatic carbocycles. The molecule has 4 nitrogen and oxygen atoms in total. The highest BCUT2D eigenvalue weighted by Gasteiger charge is 2.21. The van der Waals surface area contributed by atoms with Gasteiger partial charge in [0.2, 0.25) is 0 Å². The van der Waals surface area contributed by atoms with E-state index in [0.717, 1.165) is 50.6 Å². The fraction of sp³-hybridized carbons (Fsp3) is 1.00. The van der Waals surface area contributed by atoms with Crippen molar-refractivity contribution in [1.82, 2.24) is 9.80 Å². The van der Waals surface area contributed by atoms with E-state index >= 15 is 0 Å². The monoisotopic (exact) mass is 450 g/mol. The first-order valence-corrected chi connectivity index (χ1v) is 14.5. The zero-order chi connectivity index (χ0) is 22.4. The lowest BCUT2D eigenvalue weighted by Crippen LogP contribution is -2.37. The third-order valence-electron chi connectivity index (χ3n) is 8.56. The van der Waals surface area contributed by atoms with Crippen molar-refractivity contribution in [2.45, 2.75) is 128 Å². The molecule has 0 aliphatic carbocycles. The van der Waals surface area contributed by atoms with Gasteiger partial charge in [-0.1, -0.05) is 51.4 Å². The van der Waals surface area contributed by atoms with Crippen LogP contribution in [0, 0.1) is 11.8 Å². The van der Waals surface area contributed by atoms with Crippen LogP contribution in [-0.2, 0) is 0 Å². The maximum absolute atomic E-state index is 10.5. The van der Waals surface area contributed by atoms with Gasteiger partial charge in [0.05, 0.1) is 12.2 Å². The van der Waals surface area contributed by atoms with E-state index in [1.807, 2.05) is 0 Å². The van der Waals surface area contributed by atoms with Gasteiger partial charge in [-0.3, -0.25) is 0 Å². The van der Waals surface area contributed by atoms with Crippen LogP contribution in [0.4, 0.5) is 0 Å². The summed E-state index contributed by atoms with van der Waals surface area (Å²) >= 11 is 0. The van der Waals surface area contributed by atoms with Crippen molar-refractivity contribution < 1.29 is 10.2 Å². The van der Waals surface area contributed by atoms with E-state index < -0.39 is 0 Å². The minimum Gasteiger partial charge on any atom is -0.393 e. The Labute approximate surface area is 199 Å². The standard InChI is InChI=1S/C28H54N2O2/c31-27-15-7-3-1-5-11-25-13-9-19-29(23-25)22-18-28(32)16-8-4-2-6-12-26-14-10-20-30(24-26)21-17-27/h25-28,31-32H,1-24H2/t25-,26-,27-,28-/m0/s1. The number of aliphatic hydroxyl groups is 2. The molecule has 0 aromatic heterocycles. The minimum atomic E-state index is -0.0943. The van der Waals surface area contributed by atoms with Gasteiger partial charge in [-0.15, -0.1) is 0 Å². The third-order valence-corrected chi connectivity index (χ3v) is 8.56. The summed E-state index contributed by atoms with van der Waals surface area (Å²) in [7, 11) is 0. The van der Waals surface area contributed by atoms with Gasteiger partial charge in [-0.2, -0.15) is 0 Å². The SMILES string of the molecule is O[C@H]1CCCCCC[C@H]2CCCN(CC[C@@H](O)CCCCCC[C@H]3CCCN(CC1)C3)C2. The Morgan fingerprint density at radius 2 is 0.750 bits per heavy atom. The predicted molar refractivity (Wildman–Crippen MR) is 135 cm³/mol. The molecule has 4 heteroatoms. The molecular formula is C28H54N2O2. The maximum atomic E-state index is 10.5. The molecular weight excluding hydrogens is 396 g/mol. The number of hydrogen-bond donors (Lipinski definition) is 2. The van der Waals surface area contributed by atoms with E-state index in [1.165, 1.54) is 116 Å². The molecule has 0 spiro atoms. The Morgan fingerprint density at radius 3 is 1.19 bits per heavy atom. The number of piperidine rings is 2. The van der Waals surface area contributed by atoms with Crippen molar-refractivity contribution in [3.8, 4) is 0 Å². The topological polar surface area (TPSA) is 46.9 Å². The molecule has 0 radical (unpaired) electrons. The Balaban J connectivity index is 1.41. The maximum Gasteiger partial charge on any atom is 0.0552 e. The largest absolute Gasteiger partial charge is 0.393 e. The lowest BCUT2D eigenvalue weighted by atomic mass is 9.91. The van der Waals surface area contributed by atoms with Gasteiger partial charge in [0.1, 0.15) is 0 Å². The van der Waals surface area contributed by atoms with E-state index in [1.54, 1.807) is 0 Å². The van der Waals surface area contributed by atoms with Crippen LogP contribution in [0.5, 0.6) is 0 Å². The van der Waals surface area contributed by atoms with Crippen LogP contribution in [-0.4, -0.2) is 71.5 Å². The first-order chi connectivity index (χ1) is 15.7. The molecule has 3 aliphatic rings. The van der Waals surface area contributed by atoms with E-state index in [4.69, 9.17) is 0 Å². The fourth-order valence-corrected chi connectivity index (χ4v) is 6.46. The lowest BCUT2D eigenvalue weighted by Gasteiger charge is -2.33. The third kappa shape index (κ3) is 10.8. The van der Waals surface area contributed by atoms with Gasteiger partial charge < -0.3 is 20.0 Å². The zero-order valence-corrected chi connectivity index (χ0v) is 21.1. The number of rotatable bonds is 0. The van der Waals surface area contributed by atoms with E-state index in [-0.39, 0.29) is 12.2 Å². The highest BCUT2D eigenvalue weighted by atomic mass is 16.3. The van der Waals surface area contributed by atoms with E-state index in [2.05, 4.69) is 9.80 Å². The minimum absolute atomic E-state index is 0.0943. The van der Waals surface area contributed by atoms with Crippen LogP contribution in [0.3, 0.4) is 0 Å². The molecule has 3 saturated heterocycles. The predicted octanol–water partition coefficient (Wildman–Crippen LogP) is 5.61. The first-order valence-electron chi connectivity index (χ1n) is 14.5. The Hall–Kier alpha value is -0.160. The molecule has 2 unspecified atom stereocenters. The lowest BCUT2D eigenvalue weighted by molar-refractivity contribution is 0.106. The summed E-state index contributed by atoms with van der Waals surface area (Å²) in [5, 5.41) is 20.9. The molecule has 6 atom stereocenters. The van der Waals surface area contributed by atoms with Crippen molar-refractivity contribution in [2.75, 3.05) is 39.3 Å². The summed E-state index contributed by atoms with van der Waals surface area (Å²) in [4.78, 5) is 5.25. The molecule has 3 rings (SSSR count). The quantitative estimate of drug-likeness (QED) is 0.504. The van der Waals surface area contributed by atoms with Gasteiger partial charge >= 0.3 is 0 Å². The van der Waals surface area contributed by atoms with Crippen LogP contribution in [0.2, 0.25) is 0 Å². The Kier molecular flexibility index (Phi) is 13.0. The van der Waals surface area contributed by atoms with Crippen LogP contribution >= 0.6 is 0 Å². The summed E-state index contributed by atoms with van der Waals surface area (Å²) in [5.41, 5.74) is 0. The fourth-order valence-electron chi connectivity index (χ4n) is 6.46. The second-order valence-electron chi connectivity index (χ2n) is 11.5. The number of fused-ring (bicyclic) bond motifs is 4. The van der Waals surface area contributed by atoms with Crippen LogP contribution in [0.25, 0.3) is 0 Å².